The zero-order valence-corrected chi connectivity index (χ0v) is 22.1. The van der Waals surface area contributed by atoms with Crippen molar-refractivity contribution in [1.29, 1.82) is 0 Å². The van der Waals surface area contributed by atoms with Gasteiger partial charge >= 0.3 is 6.18 Å². The van der Waals surface area contributed by atoms with E-state index < -0.39 is 57.7 Å². The van der Waals surface area contributed by atoms with Crippen molar-refractivity contribution in [2.75, 3.05) is 23.7 Å². The lowest BCUT2D eigenvalue weighted by Gasteiger charge is -2.32. The molecule has 0 aromatic heterocycles. The molecule has 37 heavy (non-hydrogen) atoms. The van der Waals surface area contributed by atoms with Gasteiger partial charge in [-0.05, 0) is 37.6 Å². The summed E-state index contributed by atoms with van der Waals surface area (Å²) < 4.78 is 79.8. The summed E-state index contributed by atoms with van der Waals surface area (Å²) in [6, 6.07) is 6.46. The van der Waals surface area contributed by atoms with Crippen molar-refractivity contribution in [2.24, 2.45) is 0 Å². The lowest BCUT2D eigenvalue weighted by Crippen LogP contribution is -2.51. The first-order chi connectivity index (χ1) is 17.2. The molecule has 1 atom stereocenters. The number of carbonyl (C=O) groups excluding carboxylic acids is 2. The Kier molecular flexibility index (Phi) is 10.3. The van der Waals surface area contributed by atoms with Crippen molar-refractivity contribution in [1.82, 2.24) is 10.2 Å². The highest BCUT2D eigenvalue weighted by Gasteiger charge is 2.34. The molecule has 0 bridgehead atoms. The molecule has 0 aliphatic carbocycles. The van der Waals surface area contributed by atoms with Crippen molar-refractivity contribution in [2.45, 2.75) is 45.5 Å². The van der Waals surface area contributed by atoms with E-state index in [9.17, 15) is 35.6 Å². The van der Waals surface area contributed by atoms with Crippen molar-refractivity contribution in [3.8, 4) is 0 Å². The Morgan fingerprint density at radius 1 is 1.14 bits per heavy atom. The van der Waals surface area contributed by atoms with Gasteiger partial charge in [0.25, 0.3) is 0 Å². The number of rotatable bonds is 11. The number of halogens is 5. The minimum absolute atomic E-state index is 0.0621. The van der Waals surface area contributed by atoms with Gasteiger partial charge in [0.05, 0.1) is 22.5 Å². The van der Waals surface area contributed by atoms with Crippen molar-refractivity contribution >= 4 is 39.1 Å². The molecule has 0 saturated heterocycles. The Labute approximate surface area is 218 Å². The quantitative estimate of drug-likeness (QED) is 0.319. The number of amides is 2. The second-order valence-electron chi connectivity index (χ2n) is 8.37. The van der Waals surface area contributed by atoms with Gasteiger partial charge in [-0.15, -0.1) is 0 Å². The molecule has 0 radical (unpaired) electrons. The van der Waals surface area contributed by atoms with Crippen LogP contribution in [0.4, 0.5) is 23.2 Å². The Balaban J connectivity index is 2.48. The number of carbonyl (C=O) groups is 2. The van der Waals surface area contributed by atoms with Crippen LogP contribution in [0, 0.1) is 5.82 Å². The molecule has 2 aromatic carbocycles. The van der Waals surface area contributed by atoms with E-state index in [-0.39, 0.29) is 17.1 Å². The smallest absolute Gasteiger partial charge is 0.354 e. The zero-order valence-electron chi connectivity index (χ0n) is 20.5. The molecule has 0 spiro atoms. The minimum atomic E-state index is -4.80. The predicted octanol–water partition coefficient (Wildman–Crippen LogP) is 4.60. The van der Waals surface area contributed by atoms with Gasteiger partial charge in [-0.1, -0.05) is 43.1 Å². The first-order valence-corrected chi connectivity index (χ1v) is 13.5. The largest absolute Gasteiger partial charge is 0.416 e. The maximum atomic E-state index is 14.4. The van der Waals surface area contributed by atoms with Crippen LogP contribution < -0.4 is 9.62 Å². The lowest BCUT2D eigenvalue weighted by atomic mass is 10.1. The van der Waals surface area contributed by atoms with E-state index in [4.69, 9.17) is 11.6 Å². The number of benzene rings is 2. The molecule has 0 unspecified atom stereocenters. The number of sulfonamides is 1. The number of nitrogens with one attached hydrogen (secondary N) is 1. The number of anilines is 1. The van der Waals surface area contributed by atoms with Crippen LogP contribution in [0.3, 0.4) is 0 Å². The van der Waals surface area contributed by atoms with Crippen LogP contribution >= 0.6 is 11.6 Å². The zero-order chi connectivity index (χ0) is 28.0. The van der Waals surface area contributed by atoms with E-state index in [2.05, 4.69) is 5.32 Å². The van der Waals surface area contributed by atoms with Gasteiger partial charge in [0, 0.05) is 18.7 Å². The normalized spacial score (nSPS) is 12.6. The van der Waals surface area contributed by atoms with Crippen LogP contribution in [0.15, 0.2) is 42.5 Å². The third-order valence-electron chi connectivity index (χ3n) is 5.52. The second-order valence-corrected chi connectivity index (χ2v) is 10.7. The van der Waals surface area contributed by atoms with Crippen LogP contribution in [-0.2, 0) is 32.3 Å². The van der Waals surface area contributed by atoms with E-state index in [0.717, 1.165) is 23.5 Å². The van der Waals surface area contributed by atoms with Crippen molar-refractivity contribution < 1.29 is 35.6 Å². The fourth-order valence-electron chi connectivity index (χ4n) is 3.40. The minimum Gasteiger partial charge on any atom is -0.354 e. The molecule has 0 aliphatic heterocycles. The third kappa shape index (κ3) is 8.32. The summed E-state index contributed by atoms with van der Waals surface area (Å²) in [6.07, 6.45) is -2.61. The van der Waals surface area contributed by atoms with Gasteiger partial charge in [0.15, 0.2) is 0 Å². The molecule has 2 rings (SSSR count). The van der Waals surface area contributed by atoms with E-state index in [1.165, 1.54) is 25.1 Å². The molecule has 7 nitrogen and oxygen atoms in total. The lowest BCUT2D eigenvalue weighted by molar-refractivity contribution is -0.139. The standard InChI is InChI=1S/C24H28ClF4N3O4S/c1-4-5-12-30-23(34)16(2)31(14-17-8-6-7-9-20(17)26)22(33)15-32(37(3,35)36)21-13-18(24(27,28)29)10-11-19(21)25/h6-11,13,16H,4-5,12,14-15H2,1-3H3,(H,30,34)/t16-/m1/s1. The maximum absolute atomic E-state index is 14.4. The van der Waals surface area contributed by atoms with Gasteiger partial charge < -0.3 is 10.2 Å². The number of alkyl halides is 3. The summed E-state index contributed by atoms with van der Waals surface area (Å²) in [5.74, 6) is -2.15. The van der Waals surface area contributed by atoms with E-state index in [1.807, 2.05) is 6.92 Å². The Morgan fingerprint density at radius 2 is 1.78 bits per heavy atom. The van der Waals surface area contributed by atoms with Gasteiger partial charge in [-0.3, -0.25) is 13.9 Å². The Morgan fingerprint density at radius 3 is 2.35 bits per heavy atom. The highest BCUT2D eigenvalue weighted by atomic mass is 35.5. The van der Waals surface area contributed by atoms with Crippen LogP contribution in [0.5, 0.6) is 0 Å². The van der Waals surface area contributed by atoms with E-state index in [0.29, 0.717) is 35.7 Å². The number of unbranched alkanes of at least 4 members (excludes halogenated alkanes) is 1. The van der Waals surface area contributed by atoms with Crippen LogP contribution in [0.1, 0.15) is 37.8 Å². The summed E-state index contributed by atoms with van der Waals surface area (Å²) in [5, 5.41) is 2.33. The average molecular weight is 566 g/mol. The summed E-state index contributed by atoms with van der Waals surface area (Å²) in [5.41, 5.74) is -1.66. The van der Waals surface area contributed by atoms with Crippen LogP contribution in [0.25, 0.3) is 0 Å². The Hall–Kier alpha value is -2.86. The predicted molar refractivity (Wildman–Crippen MR) is 133 cm³/mol. The monoisotopic (exact) mass is 565 g/mol. The SMILES string of the molecule is CCCCNC(=O)[C@@H](C)N(Cc1ccccc1F)C(=O)CN(c1cc(C(F)(F)F)ccc1Cl)S(C)(=O)=O. The number of hydrogen-bond acceptors (Lipinski definition) is 4. The maximum Gasteiger partial charge on any atom is 0.416 e. The molecule has 0 fully saturated rings. The molecule has 13 heteroatoms. The first-order valence-electron chi connectivity index (χ1n) is 11.3. The Bertz CT molecular complexity index is 1220. The molecular weight excluding hydrogens is 538 g/mol. The molecule has 0 saturated carbocycles. The van der Waals surface area contributed by atoms with Crippen LogP contribution in [-0.4, -0.2) is 50.5 Å². The molecule has 2 amide bonds. The van der Waals surface area contributed by atoms with E-state index in [1.54, 1.807) is 0 Å². The highest BCUT2D eigenvalue weighted by molar-refractivity contribution is 7.92. The summed E-state index contributed by atoms with van der Waals surface area (Å²) in [6.45, 7) is 2.28. The first kappa shape index (κ1) is 30.4. The van der Waals surface area contributed by atoms with Crippen molar-refractivity contribution in [3.63, 3.8) is 0 Å². The molecule has 2 aromatic rings. The van der Waals surface area contributed by atoms with Gasteiger partial charge in [-0.25, -0.2) is 12.8 Å². The van der Waals surface area contributed by atoms with Crippen LogP contribution in [0.2, 0.25) is 5.02 Å². The third-order valence-corrected chi connectivity index (χ3v) is 6.96. The number of nitrogens with zero attached hydrogens (tertiary/aromatic N) is 2. The topological polar surface area (TPSA) is 86.8 Å². The summed E-state index contributed by atoms with van der Waals surface area (Å²) in [4.78, 5) is 27.1. The van der Waals surface area contributed by atoms with Crippen molar-refractivity contribution in [3.05, 3.63) is 64.4 Å². The fraction of sp³-hybridized carbons (Fsp3) is 0.417. The summed E-state index contributed by atoms with van der Waals surface area (Å²) in [7, 11) is -4.32. The average Bonchev–Trinajstić information content (AvgIpc) is 2.80. The van der Waals surface area contributed by atoms with E-state index >= 15 is 0 Å². The second kappa shape index (κ2) is 12.6. The van der Waals surface area contributed by atoms with Gasteiger partial charge in [0.1, 0.15) is 18.4 Å². The fourth-order valence-corrected chi connectivity index (χ4v) is 4.53. The van der Waals surface area contributed by atoms with Gasteiger partial charge in [-0.2, -0.15) is 13.2 Å². The molecule has 1 N–H and O–H groups in total. The molecule has 204 valence electrons. The summed E-state index contributed by atoms with van der Waals surface area (Å²) >= 11 is 6.03. The van der Waals surface area contributed by atoms with Gasteiger partial charge in [0.2, 0.25) is 21.8 Å². The number of hydrogen-bond donors (Lipinski definition) is 1. The molecular formula is C24H28ClF4N3O4S. The highest BCUT2D eigenvalue weighted by Crippen LogP contribution is 2.36. The molecule has 0 heterocycles. The molecule has 0 aliphatic rings.